The molecule has 0 radical (unpaired) electrons. The van der Waals surface area contributed by atoms with Gasteiger partial charge in [-0.15, -0.1) is 0 Å². The quantitative estimate of drug-likeness (QED) is 0.0187. The van der Waals surface area contributed by atoms with Crippen molar-refractivity contribution < 1.29 is 33.6 Å². The van der Waals surface area contributed by atoms with Crippen molar-refractivity contribution in [1.82, 2.24) is 0 Å². The van der Waals surface area contributed by atoms with Gasteiger partial charge in [-0.3, -0.25) is 0 Å². The molecule has 49 heavy (non-hydrogen) atoms. The van der Waals surface area contributed by atoms with E-state index < -0.39 is 11.9 Å². The van der Waals surface area contributed by atoms with Crippen LogP contribution in [0.15, 0.2) is 120 Å². The minimum absolute atomic E-state index is 0.393. The van der Waals surface area contributed by atoms with E-state index in [2.05, 4.69) is 16.8 Å². The Bertz CT molecular complexity index is 1950. The van der Waals surface area contributed by atoms with Crippen molar-refractivity contribution in [2.45, 2.75) is 32.6 Å². The van der Waals surface area contributed by atoms with Gasteiger partial charge < -0.3 is 19.1 Å². The summed E-state index contributed by atoms with van der Waals surface area (Å²) in [4.78, 5) is 34.1. The fourth-order valence-corrected chi connectivity index (χ4v) is 4.92. The first-order valence-electron chi connectivity index (χ1n) is 16.2. The van der Waals surface area contributed by atoms with E-state index in [0.29, 0.717) is 42.6 Å². The zero-order valence-corrected chi connectivity index (χ0v) is 27.4. The highest BCUT2D eigenvalue weighted by Gasteiger charge is 2.10. The number of carbonyl (C=O) groups excluding carboxylic acids is 2. The molecule has 0 heterocycles. The van der Waals surface area contributed by atoms with Crippen molar-refractivity contribution in [1.29, 1.82) is 0 Å². The van der Waals surface area contributed by atoms with Crippen LogP contribution in [0.3, 0.4) is 0 Å². The lowest BCUT2D eigenvalue weighted by atomic mass is 10.1. The summed E-state index contributed by atoms with van der Waals surface area (Å²) in [6, 6.07) is 30.1. The van der Waals surface area contributed by atoms with Crippen LogP contribution >= 0.6 is 0 Å². The minimum Gasteiger partial charge on any atom is -0.494 e. The highest BCUT2D eigenvalue weighted by atomic mass is 17.2. The molecule has 0 unspecified atom stereocenters. The van der Waals surface area contributed by atoms with Crippen LogP contribution in [0.5, 0.6) is 17.2 Å². The van der Waals surface area contributed by atoms with Gasteiger partial charge in [0, 0.05) is 6.08 Å². The van der Waals surface area contributed by atoms with Gasteiger partial charge in [0.1, 0.15) is 11.5 Å². The normalized spacial score (nSPS) is 11.3. The van der Waals surface area contributed by atoms with Gasteiger partial charge in [0.25, 0.3) is 0 Å². The number of unbranched alkanes of at least 4 members (excludes halogenated alkanes) is 3. The molecule has 0 aromatic heterocycles. The molecule has 0 amide bonds. The van der Waals surface area contributed by atoms with Gasteiger partial charge in [-0.1, -0.05) is 43.0 Å². The maximum absolute atomic E-state index is 12.8. The Balaban J connectivity index is 1.08. The zero-order chi connectivity index (χ0) is 34.3. The van der Waals surface area contributed by atoms with Crippen molar-refractivity contribution in [3.63, 3.8) is 0 Å². The number of carbonyl (C=O) groups is 2. The van der Waals surface area contributed by atoms with E-state index in [4.69, 9.17) is 24.0 Å². The van der Waals surface area contributed by atoms with Crippen molar-refractivity contribution in [2.24, 2.45) is 10.2 Å². The molecule has 0 saturated carbocycles. The van der Waals surface area contributed by atoms with Crippen molar-refractivity contribution >= 4 is 45.9 Å². The first kappa shape index (κ1) is 34.5. The molecule has 5 aromatic rings. The lowest BCUT2D eigenvalue weighted by Crippen LogP contribution is -2.08. The summed E-state index contributed by atoms with van der Waals surface area (Å²) in [5.41, 5.74) is 2.25. The smallest absolute Gasteiger partial charge is 0.343 e. The molecule has 9 heteroatoms. The maximum atomic E-state index is 12.8. The summed E-state index contributed by atoms with van der Waals surface area (Å²) in [5.74, 6) is 0.956. The fraction of sp³-hybridized carbons (Fsp3) is 0.200. The van der Waals surface area contributed by atoms with Crippen LogP contribution in [0.25, 0.3) is 21.5 Å². The zero-order valence-electron chi connectivity index (χ0n) is 27.4. The number of benzene rings is 5. The molecule has 0 aliphatic heterocycles. The van der Waals surface area contributed by atoms with Gasteiger partial charge in [0.2, 0.25) is 0 Å². The van der Waals surface area contributed by atoms with Gasteiger partial charge in [-0.25, -0.2) is 9.59 Å². The SMILES string of the molecule is C=CC(=O)OCCCCCCOc1ccc(C(=O)Oc2ccc3cc(C=NN=Cc4ccc5cc(OOCC)ccc5c4)ccc3c2)cc1. The van der Waals surface area contributed by atoms with Crippen LogP contribution in [-0.4, -0.2) is 44.2 Å². The molecule has 9 nitrogen and oxygen atoms in total. The number of hydrogen-bond acceptors (Lipinski definition) is 9. The van der Waals surface area contributed by atoms with Gasteiger partial charge in [0.15, 0.2) is 5.75 Å². The third-order valence-corrected chi connectivity index (χ3v) is 7.44. The second-order valence-corrected chi connectivity index (χ2v) is 11.1. The van der Waals surface area contributed by atoms with Crippen LogP contribution in [0, 0.1) is 0 Å². The third kappa shape index (κ3) is 10.6. The molecule has 0 saturated heterocycles. The summed E-state index contributed by atoms with van der Waals surface area (Å²) in [7, 11) is 0. The summed E-state index contributed by atoms with van der Waals surface area (Å²) < 4.78 is 16.4. The van der Waals surface area contributed by atoms with E-state index in [9.17, 15) is 9.59 Å². The molecule has 5 aromatic carbocycles. The molecule has 0 aliphatic carbocycles. The maximum Gasteiger partial charge on any atom is 0.343 e. The average molecular weight is 659 g/mol. The van der Waals surface area contributed by atoms with Crippen LogP contribution in [0.1, 0.15) is 54.1 Å². The Kier molecular flexibility index (Phi) is 12.6. The molecule has 250 valence electrons. The molecule has 5 rings (SSSR count). The van der Waals surface area contributed by atoms with Crippen molar-refractivity contribution in [3.8, 4) is 17.2 Å². The Morgan fingerprint density at radius 2 is 1.20 bits per heavy atom. The lowest BCUT2D eigenvalue weighted by Gasteiger charge is -2.08. The van der Waals surface area contributed by atoms with E-state index in [1.54, 1.807) is 42.8 Å². The fourth-order valence-electron chi connectivity index (χ4n) is 4.92. The van der Waals surface area contributed by atoms with E-state index in [-0.39, 0.29) is 0 Å². The van der Waals surface area contributed by atoms with Crippen LogP contribution in [-0.2, 0) is 14.4 Å². The van der Waals surface area contributed by atoms with E-state index >= 15 is 0 Å². The van der Waals surface area contributed by atoms with E-state index in [1.165, 1.54) is 6.08 Å². The summed E-state index contributed by atoms with van der Waals surface area (Å²) in [6.45, 7) is 6.68. The molecule has 0 spiro atoms. The van der Waals surface area contributed by atoms with Gasteiger partial charge >= 0.3 is 11.9 Å². The molecule has 0 atom stereocenters. The Hall–Kier alpha value is -5.80. The first-order chi connectivity index (χ1) is 24.0. The van der Waals surface area contributed by atoms with E-state index in [0.717, 1.165) is 58.4 Å². The number of hydrogen-bond donors (Lipinski definition) is 0. The number of nitrogens with zero attached hydrogens (tertiary/aromatic N) is 2. The van der Waals surface area contributed by atoms with Gasteiger partial charge in [-0.2, -0.15) is 15.1 Å². The van der Waals surface area contributed by atoms with Gasteiger partial charge in [0.05, 0.1) is 37.8 Å². The Morgan fingerprint density at radius 3 is 1.84 bits per heavy atom. The standard InChI is InChI=1S/C40H38N2O7/c1-3-39(43)46-22-8-6-5-7-21-45-36-17-13-31(14-18-36)40(44)48-37-19-15-32-23-29(9-11-34(32)25-37)27-41-42-28-30-10-12-35-26-38(49-47-4-2)20-16-33(35)24-30/h3,9-20,23-28H,1,4-8,21-22H2,2H3. The minimum atomic E-state index is -0.448. The predicted molar refractivity (Wildman–Crippen MR) is 192 cm³/mol. The van der Waals surface area contributed by atoms with Crippen molar-refractivity contribution in [2.75, 3.05) is 19.8 Å². The van der Waals surface area contributed by atoms with Crippen molar-refractivity contribution in [3.05, 3.63) is 126 Å². The molecular formula is C40H38N2O7. The average Bonchev–Trinajstić information content (AvgIpc) is 3.13. The third-order valence-electron chi connectivity index (χ3n) is 7.44. The number of ether oxygens (including phenoxy) is 3. The second-order valence-electron chi connectivity index (χ2n) is 11.1. The monoisotopic (exact) mass is 658 g/mol. The van der Waals surface area contributed by atoms with Crippen LogP contribution < -0.4 is 14.4 Å². The highest BCUT2D eigenvalue weighted by Crippen LogP contribution is 2.24. The largest absolute Gasteiger partial charge is 0.494 e. The summed E-state index contributed by atoms with van der Waals surface area (Å²) in [5, 5.41) is 12.4. The first-order valence-corrected chi connectivity index (χ1v) is 16.2. The summed E-state index contributed by atoms with van der Waals surface area (Å²) in [6.07, 6.45) is 8.17. The van der Waals surface area contributed by atoms with E-state index in [1.807, 2.05) is 73.7 Å². The molecule has 0 aliphatic rings. The topological polar surface area (TPSA) is 105 Å². The predicted octanol–water partition coefficient (Wildman–Crippen LogP) is 8.66. The van der Waals surface area contributed by atoms with Crippen LogP contribution in [0.4, 0.5) is 0 Å². The summed E-state index contributed by atoms with van der Waals surface area (Å²) >= 11 is 0. The second kappa shape index (κ2) is 17.9. The number of rotatable bonds is 17. The highest BCUT2D eigenvalue weighted by molar-refractivity contribution is 5.94. The molecule has 0 bridgehead atoms. The number of esters is 2. The molecule has 0 fully saturated rings. The number of fused-ring (bicyclic) bond motifs is 2. The molecule has 0 N–H and O–H groups in total. The Morgan fingerprint density at radius 1 is 0.653 bits per heavy atom. The van der Waals surface area contributed by atoms with Crippen LogP contribution in [0.2, 0.25) is 0 Å². The Labute approximate surface area is 285 Å². The lowest BCUT2D eigenvalue weighted by molar-refractivity contribution is -0.202. The molecular weight excluding hydrogens is 620 g/mol. The van der Waals surface area contributed by atoms with Gasteiger partial charge in [-0.05, 0) is 126 Å².